The molecular weight excluding hydrogens is 254 g/mol. The van der Waals surface area contributed by atoms with Gasteiger partial charge in [-0.05, 0) is 38.5 Å². The number of methoxy groups -OCH3 is 1. The SMILES string of the molecule is CCCC(C)NC(=O)c1ccc(OC)c(COCC)c1. The highest BCUT2D eigenvalue weighted by atomic mass is 16.5. The van der Waals surface area contributed by atoms with Gasteiger partial charge >= 0.3 is 0 Å². The number of amides is 1. The van der Waals surface area contributed by atoms with E-state index in [1.165, 1.54) is 0 Å². The van der Waals surface area contributed by atoms with E-state index in [1.807, 2.05) is 26.0 Å². The number of nitrogens with one attached hydrogen (secondary N) is 1. The topological polar surface area (TPSA) is 47.6 Å². The molecule has 0 saturated carbocycles. The lowest BCUT2D eigenvalue weighted by Gasteiger charge is -2.14. The summed E-state index contributed by atoms with van der Waals surface area (Å²) in [6.45, 7) is 7.15. The molecule has 0 aliphatic carbocycles. The van der Waals surface area contributed by atoms with Crippen LogP contribution in [0.3, 0.4) is 0 Å². The second-order valence-corrected chi connectivity index (χ2v) is 4.83. The van der Waals surface area contributed by atoms with Crippen LogP contribution in [0.4, 0.5) is 0 Å². The van der Waals surface area contributed by atoms with Crippen molar-refractivity contribution < 1.29 is 14.3 Å². The van der Waals surface area contributed by atoms with Crippen LogP contribution in [0.25, 0.3) is 0 Å². The van der Waals surface area contributed by atoms with Gasteiger partial charge in [0, 0.05) is 23.8 Å². The number of benzene rings is 1. The van der Waals surface area contributed by atoms with Crippen molar-refractivity contribution in [1.82, 2.24) is 5.32 Å². The zero-order chi connectivity index (χ0) is 15.0. The van der Waals surface area contributed by atoms with Gasteiger partial charge in [0.25, 0.3) is 5.91 Å². The summed E-state index contributed by atoms with van der Waals surface area (Å²) in [5, 5.41) is 3.00. The van der Waals surface area contributed by atoms with E-state index in [4.69, 9.17) is 9.47 Å². The van der Waals surface area contributed by atoms with E-state index < -0.39 is 0 Å². The van der Waals surface area contributed by atoms with E-state index in [0.717, 1.165) is 24.2 Å². The van der Waals surface area contributed by atoms with E-state index in [1.54, 1.807) is 13.2 Å². The molecule has 0 heterocycles. The third kappa shape index (κ3) is 4.85. The zero-order valence-corrected chi connectivity index (χ0v) is 12.9. The second kappa shape index (κ2) is 8.59. The first kappa shape index (κ1) is 16.5. The van der Waals surface area contributed by atoms with Gasteiger partial charge in [0.05, 0.1) is 13.7 Å². The molecule has 0 spiro atoms. The van der Waals surface area contributed by atoms with Gasteiger partial charge < -0.3 is 14.8 Å². The average Bonchev–Trinajstić information content (AvgIpc) is 2.44. The number of hydrogen-bond donors (Lipinski definition) is 1. The summed E-state index contributed by atoms with van der Waals surface area (Å²) in [4.78, 5) is 12.2. The van der Waals surface area contributed by atoms with E-state index in [0.29, 0.717) is 18.8 Å². The average molecular weight is 279 g/mol. The number of carbonyl (C=O) groups is 1. The number of rotatable bonds is 8. The highest BCUT2D eigenvalue weighted by molar-refractivity contribution is 5.94. The first-order chi connectivity index (χ1) is 9.62. The maximum Gasteiger partial charge on any atom is 0.251 e. The molecule has 1 aromatic rings. The molecule has 4 heteroatoms. The van der Waals surface area contributed by atoms with Gasteiger partial charge in [-0.15, -0.1) is 0 Å². The van der Waals surface area contributed by atoms with Crippen molar-refractivity contribution in [1.29, 1.82) is 0 Å². The first-order valence-corrected chi connectivity index (χ1v) is 7.17. The standard InChI is InChI=1S/C16H25NO3/c1-5-7-12(3)17-16(18)13-8-9-15(19-4)14(10-13)11-20-6-2/h8-10,12H,5-7,11H2,1-4H3,(H,17,18). The van der Waals surface area contributed by atoms with Gasteiger partial charge in [-0.1, -0.05) is 13.3 Å². The van der Waals surface area contributed by atoms with Crippen LogP contribution in [-0.2, 0) is 11.3 Å². The Labute approximate surface area is 121 Å². The fraction of sp³-hybridized carbons (Fsp3) is 0.562. The van der Waals surface area contributed by atoms with Gasteiger partial charge in [0.15, 0.2) is 0 Å². The lowest BCUT2D eigenvalue weighted by molar-refractivity contribution is 0.0937. The molecule has 1 rings (SSSR count). The third-order valence-corrected chi connectivity index (χ3v) is 3.10. The number of carbonyl (C=O) groups excluding carboxylic acids is 1. The van der Waals surface area contributed by atoms with Gasteiger partial charge in [0.1, 0.15) is 5.75 Å². The van der Waals surface area contributed by atoms with Crippen molar-refractivity contribution >= 4 is 5.91 Å². The summed E-state index contributed by atoms with van der Waals surface area (Å²) in [6.07, 6.45) is 2.04. The number of hydrogen-bond acceptors (Lipinski definition) is 3. The summed E-state index contributed by atoms with van der Waals surface area (Å²) in [6, 6.07) is 5.61. The third-order valence-electron chi connectivity index (χ3n) is 3.10. The molecule has 0 fully saturated rings. The predicted molar refractivity (Wildman–Crippen MR) is 80.2 cm³/mol. The van der Waals surface area contributed by atoms with Crippen molar-refractivity contribution in [2.75, 3.05) is 13.7 Å². The Balaban J connectivity index is 2.81. The van der Waals surface area contributed by atoms with Crippen molar-refractivity contribution in [3.05, 3.63) is 29.3 Å². The second-order valence-electron chi connectivity index (χ2n) is 4.83. The highest BCUT2D eigenvalue weighted by Crippen LogP contribution is 2.21. The molecule has 1 aromatic carbocycles. The Morgan fingerprint density at radius 3 is 2.70 bits per heavy atom. The van der Waals surface area contributed by atoms with E-state index in [9.17, 15) is 4.79 Å². The Morgan fingerprint density at radius 1 is 1.35 bits per heavy atom. The monoisotopic (exact) mass is 279 g/mol. The summed E-state index contributed by atoms with van der Waals surface area (Å²) in [5.41, 5.74) is 1.54. The van der Waals surface area contributed by atoms with Gasteiger partial charge in [-0.2, -0.15) is 0 Å². The molecule has 0 aromatic heterocycles. The number of ether oxygens (including phenoxy) is 2. The lowest BCUT2D eigenvalue weighted by atomic mass is 10.1. The molecule has 1 atom stereocenters. The highest BCUT2D eigenvalue weighted by Gasteiger charge is 2.12. The van der Waals surface area contributed by atoms with Gasteiger partial charge in [-0.25, -0.2) is 0 Å². The maximum absolute atomic E-state index is 12.2. The molecule has 1 unspecified atom stereocenters. The van der Waals surface area contributed by atoms with Crippen LogP contribution in [0, 0.1) is 0 Å². The zero-order valence-electron chi connectivity index (χ0n) is 12.9. The van der Waals surface area contributed by atoms with Crippen molar-refractivity contribution in [3.8, 4) is 5.75 Å². The summed E-state index contributed by atoms with van der Waals surface area (Å²) in [5.74, 6) is 0.697. The summed E-state index contributed by atoms with van der Waals surface area (Å²) in [7, 11) is 1.62. The normalized spacial score (nSPS) is 12.0. The molecule has 1 amide bonds. The minimum absolute atomic E-state index is 0.0497. The minimum Gasteiger partial charge on any atom is -0.496 e. The van der Waals surface area contributed by atoms with Crippen LogP contribution in [0.15, 0.2) is 18.2 Å². The van der Waals surface area contributed by atoms with E-state index >= 15 is 0 Å². The van der Waals surface area contributed by atoms with Crippen LogP contribution in [-0.4, -0.2) is 25.7 Å². The van der Waals surface area contributed by atoms with E-state index in [2.05, 4.69) is 12.2 Å². The smallest absolute Gasteiger partial charge is 0.251 e. The molecule has 4 nitrogen and oxygen atoms in total. The van der Waals surface area contributed by atoms with Crippen molar-refractivity contribution in [2.45, 2.75) is 46.3 Å². The lowest BCUT2D eigenvalue weighted by Crippen LogP contribution is -2.32. The molecule has 20 heavy (non-hydrogen) atoms. The van der Waals surface area contributed by atoms with Gasteiger partial charge in [-0.3, -0.25) is 4.79 Å². The van der Waals surface area contributed by atoms with Crippen LogP contribution in [0.2, 0.25) is 0 Å². The fourth-order valence-corrected chi connectivity index (χ4v) is 2.06. The Morgan fingerprint density at radius 2 is 2.10 bits per heavy atom. The molecule has 1 N–H and O–H groups in total. The molecular formula is C16H25NO3. The van der Waals surface area contributed by atoms with Crippen molar-refractivity contribution in [2.24, 2.45) is 0 Å². The van der Waals surface area contributed by atoms with Crippen LogP contribution < -0.4 is 10.1 Å². The molecule has 0 bridgehead atoms. The summed E-state index contributed by atoms with van der Waals surface area (Å²) >= 11 is 0. The molecule has 0 aliphatic heterocycles. The largest absolute Gasteiger partial charge is 0.496 e. The van der Waals surface area contributed by atoms with E-state index in [-0.39, 0.29) is 11.9 Å². The molecule has 0 aliphatic rings. The van der Waals surface area contributed by atoms with Gasteiger partial charge in [0.2, 0.25) is 0 Å². The molecule has 0 radical (unpaired) electrons. The first-order valence-electron chi connectivity index (χ1n) is 7.17. The Hall–Kier alpha value is -1.55. The Kier molecular flexibility index (Phi) is 7.09. The van der Waals surface area contributed by atoms with Crippen LogP contribution in [0.1, 0.15) is 49.5 Å². The van der Waals surface area contributed by atoms with Crippen LogP contribution in [0.5, 0.6) is 5.75 Å². The maximum atomic E-state index is 12.2. The predicted octanol–water partition coefficient (Wildman–Crippen LogP) is 3.15. The molecule has 0 saturated heterocycles. The fourth-order valence-electron chi connectivity index (χ4n) is 2.06. The summed E-state index contributed by atoms with van der Waals surface area (Å²) < 4.78 is 10.7. The Bertz CT molecular complexity index is 432. The molecule has 112 valence electrons. The van der Waals surface area contributed by atoms with Crippen LogP contribution >= 0.6 is 0 Å². The quantitative estimate of drug-likeness (QED) is 0.795. The van der Waals surface area contributed by atoms with Crippen molar-refractivity contribution in [3.63, 3.8) is 0 Å². The minimum atomic E-state index is -0.0497.